The highest BCUT2D eigenvalue weighted by atomic mass is 32.2. The summed E-state index contributed by atoms with van der Waals surface area (Å²) >= 11 is 0. The molecule has 6 nitrogen and oxygen atoms in total. The zero-order chi connectivity index (χ0) is 19.1. The van der Waals surface area contributed by atoms with Gasteiger partial charge in [-0.25, -0.2) is 8.42 Å². The first-order chi connectivity index (χ1) is 12.2. The number of piperidine rings is 1. The number of benzene rings is 1. The Kier molecular flexibility index (Phi) is 5.12. The van der Waals surface area contributed by atoms with E-state index >= 15 is 0 Å². The van der Waals surface area contributed by atoms with Crippen molar-refractivity contribution in [3.63, 3.8) is 0 Å². The Morgan fingerprint density at radius 3 is 2.46 bits per heavy atom. The summed E-state index contributed by atoms with van der Waals surface area (Å²) < 4.78 is 27.7. The molecule has 0 radical (unpaired) electrons. The predicted molar refractivity (Wildman–Crippen MR) is 103 cm³/mol. The summed E-state index contributed by atoms with van der Waals surface area (Å²) in [7, 11) is -3.53. The smallest absolute Gasteiger partial charge is 0.267 e. The first kappa shape index (κ1) is 18.9. The lowest BCUT2D eigenvalue weighted by molar-refractivity contribution is 0.0939. The maximum absolute atomic E-state index is 13.0. The van der Waals surface area contributed by atoms with E-state index in [9.17, 15) is 13.2 Å². The minimum atomic E-state index is -3.53. The number of hydrogen-bond donors (Lipinski definition) is 2. The number of aromatic nitrogens is 1. The van der Waals surface area contributed by atoms with Gasteiger partial charge in [0, 0.05) is 30.0 Å². The molecule has 1 saturated heterocycles. The van der Waals surface area contributed by atoms with Crippen molar-refractivity contribution in [3.05, 3.63) is 30.0 Å². The highest BCUT2D eigenvalue weighted by Crippen LogP contribution is 2.28. The van der Waals surface area contributed by atoms with Crippen LogP contribution in [0.3, 0.4) is 0 Å². The molecule has 1 amide bonds. The van der Waals surface area contributed by atoms with Crippen LogP contribution in [0.5, 0.6) is 0 Å². The van der Waals surface area contributed by atoms with Gasteiger partial charge in [0.1, 0.15) is 5.69 Å². The number of carbonyl (C=O) groups excluding carboxylic acids is 1. The second-order valence-electron chi connectivity index (χ2n) is 7.83. The van der Waals surface area contributed by atoms with Gasteiger partial charge in [0.05, 0.1) is 4.90 Å². The number of hydrogen-bond acceptors (Lipinski definition) is 3. The van der Waals surface area contributed by atoms with Gasteiger partial charge >= 0.3 is 0 Å². The third kappa shape index (κ3) is 3.78. The largest absolute Gasteiger partial charge is 0.351 e. The number of H-pyrrole nitrogens is 1. The lowest BCUT2D eigenvalue weighted by Gasteiger charge is -2.34. The Bertz CT molecular complexity index is 907. The monoisotopic (exact) mass is 377 g/mol. The fourth-order valence-electron chi connectivity index (χ4n) is 3.68. The Balaban J connectivity index is 1.92. The maximum atomic E-state index is 13.0. The van der Waals surface area contributed by atoms with Crippen molar-refractivity contribution in [3.8, 4) is 0 Å². The molecular formula is C19H27N3O3S. The number of carbonyl (C=O) groups is 1. The fraction of sp³-hybridized carbons (Fsp3) is 0.526. The predicted octanol–water partition coefficient (Wildman–Crippen LogP) is 2.97. The number of sulfonamides is 1. The van der Waals surface area contributed by atoms with Crippen molar-refractivity contribution in [2.45, 2.75) is 45.1 Å². The van der Waals surface area contributed by atoms with Gasteiger partial charge in [-0.05, 0) is 56.4 Å². The average molecular weight is 378 g/mol. The Labute approximate surface area is 155 Å². The van der Waals surface area contributed by atoms with Gasteiger partial charge in [-0.1, -0.05) is 13.8 Å². The molecule has 142 valence electrons. The van der Waals surface area contributed by atoms with E-state index in [0.29, 0.717) is 30.6 Å². The summed E-state index contributed by atoms with van der Waals surface area (Å²) in [5, 5.41) is 3.55. The summed E-state index contributed by atoms with van der Waals surface area (Å²) in [4.78, 5) is 15.5. The quantitative estimate of drug-likeness (QED) is 0.859. The topological polar surface area (TPSA) is 82.3 Å². The molecule has 1 aromatic carbocycles. The molecule has 7 heteroatoms. The van der Waals surface area contributed by atoms with Gasteiger partial charge in [-0.15, -0.1) is 0 Å². The standard InChI is InChI=1S/C19H27N3O3S/c1-12(2)20-19(23)18-9-15-8-16(5-6-17(15)21-18)26(24,25)22-10-13(3)7-14(4)11-22/h5-6,8-9,12-14,21H,7,10-11H2,1-4H3,(H,20,23). The summed E-state index contributed by atoms with van der Waals surface area (Å²) in [5.41, 5.74) is 1.18. The number of nitrogens with one attached hydrogen (secondary N) is 2. The molecule has 0 saturated carbocycles. The zero-order valence-corrected chi connectivity index (χ0v) is 16.6. The molecule has 2 atom stereocenters. The molecule has 1 fully saturated rings. The van der Waals surface area contributed by atoms with Crippen molar-refractivity contribution in [1.82, 2.24) is 14.6 Å². The summed E-state index contributed by atoms with van der Waals surface area (Å²) in [6.45, 7) is 9.08. The third-order valence-corrected chi connectivity index (χ3v) is 6.56. The fourth-order valence-corrected chi connectivity index (χ4v) is 5.40. The van der Waals surface area contributed by atoms with E-state index in [1.54, 1.807) is 28.6 Å². The van der Waals surface area contributed by atoms with Crippen LogP contribution >= 0.6 is 0 Å². The van der Waals surface area contributed by atoms with E-state index in [1.807, 2.05) is 13.8 Å². The van der Waals surface area contributed by atoms with Crippen LogP contribution < -0.4 is 5.32 Å². The molecule has 1 aliphatic rings. The first-order valence-electron chi connectivity index (χ1n) is 9.10. The number of fused-ring (bicyclic) bond motifs is 1. The molecule has 1 aliphatic heterocycles. The number of rotatable bonds is 4. The van der Waals surface area contributed by atoms with Gasteiger partial charge in [0.2, 0.25) is 10.0 Å². The maximum Gasteiger partial charge on any atom is 0.267 e. The first-order valence-corrected chi connectivity index (χ1v) is 10.5. The van der Waals surface area contributed by atoms with E-state index < -0.39 is 10.0 Å². The normalized spacial score (nSPS) is 22.0. The Morgan fingerprint density at radius 2 is 1.85 bits per heavy atom. The van der Waals surface area contributed by atoms with E-state index in [4.69, 9.17) is 0 Å². The Hall–Kier alpha value is -1.86. The Morgan fingerprint density at radius 1 is 1.19 bits per heavy atom. The summed E-state index contributed by atoms with van der Waals surface area (Å²) in [6.07, 6.45) is 1.05. The average Bonchev–Trinajstić information content (AvgIpc) is 2.96. The van der Waals surface area contributed by atoms with E-state index in [1.165, 1.54) is 0 Å². The van der Waals surface area contributed by atoms with Crippen molar-refractivity contribution in [1.29, 1.82) is 0 Å². The zero-order valence-electron chi connectivity index (χ0n) is 15.7. The van der Waals surface area contributed by atoms with Crippen molar-refractivity contribution >= 4 is 26.8 Å². The van der Waals surface area contributed by atoms with Gasteiger partial charge in [0.15, 0.2) is 0 Å². The van der Waals surface area contributed by atoms with Crippen LogP contribution in [0.25, 0.3) is 10.9 Å². The van der Waals surface area contributed by atoms with Crippen LogP contribution in [-0.2, 0) is 10.0 Å². The second-order valence-corrected chi connectivity index (χ2v) is 9.77. The minimum Gasteiger partial charge on any atom is -0.351 e. The molecule has 0 aliphatic carbocycles. The van der Waals surface area contributed by atoms with Crippen molar-refractivity contribution in [2.75, 3.05) is 13.1 Å². The molecule has 2 N–H and O–H groups in total. The molecule has 0 spiro atoms. The van der Waals surface area contributed by atoms with Crippen molar-refractivity contribution < 1.29 is 13.2 Å². The summed E-state index contributed by atoms with van der Waals surface area (Å²) in [6, 6.07) is 6.73. The van der Waals surface area contributed by atoms with Crippen LogP contribution in [-0.4, -0.2) is 42.7 Å². The van der Waals surface area contributed by atoms with Crippen LogP contribution in [0.2, 0.25) is 0 Å². The molecule has 0 bridgehead atoms. The van der Waals surface area contributed by atoms with Crippen LogP contribution in [0.4, 0.5) is 0 Å². The lowest BCUT2D eigenvalue weighted by atomic mass is 9.94. The highest BCUT2D eigenvalue weighted by molar-refractivity contribution is 7.89. The molecule has 2 aromatic rings. The van der Waals surface area contributed by atoms with Gasteiger partial charge in [-0.3, -0.25) is 4.79 Å². The lowest BCUT2D eigenvalue weighted by Crippen LogP contribution is -2.42. The molecule has 2 unspecified atom stereocenters. The number of amides is 1. The molecule has 3 rings (SSSR count). The molecular weight excluding hydrogens is 350 g/mol. The van der Waals surface area contributed by atoms with Crippen LogP contribution in [0.1, 0.15) is 44.6 Å². The second kappa shape index (κ2) is 7.04. The van der Waals surface area contributed by atoms with Gasteiger partial charge < -0.3 is 10.3 Å². The van der Waals surface area contributed by atoms with Crippen LogP contribution in [0, 0.1) is 11.8 Å². The molecule has 1 aromatic heterocycles. The van der Waals surface area contributed by atoms with Crippen molar-refractivity contribution in [2.24, 2.45) is 11.8 Å². The molecule has 2 heterocycles. The van der Waals surface area contributed by atoms with E-state index in [2.05, 4.69) is 24.1 Å². The van der Waals surface area contributed by atoms with Gasteiger partial charge in [-0.2, -0.15) is 4.31 Å². The highest BCUT2D eigenvalue weighted by Gasteiger charge is 2.31. The van der Waals surface area contributed by atoms with E-state index in [-0.39, 0.29) is 16.8 Å². The minimum absolute atomic E-state index is 0.0351. The van der Waals surface area contributed by atoms with E-state index in [0.717, 1.165) is 17.3 Å². The third-order valence-electron chi connectivity index (χ3n) is 4.73. The van der Waals surface area contributed by atoms with Crippen LogP contribution in [0.15, 0.2) is 29.2 Å². The number of aromatic amines is 1. The SMILES string of the molecule is CC1CC(C)CN(S(=O)(=O)c2ccc3[nH]c(C(=O)NC(C)C)cc3c2)C1. The van der Waals surface area contributed by atoms with Gasteiger partial charge in [0.25, 0.3) is 5.91 Å². The molecule has 26 heavy (non-hydrogen) atoms. The summed E-state index contributed by atoms with van der Waals surface area (Å²) in [5.74, 6) is 0.519. The number of nitrogens with zero attached hydrogens (tertiary/aromatic N) is 1.